The monoisotopic (exact) mass is 369 g/mol. The first-order valence-electron chi connectivity index (χ1n) is 8.52. The van der Waals surface area contributed by atoms with E-state index in [1.54, 1.807) is 0 Å². The van der Waals surface area contributed by atoms with Gasteiger partial charge in [-0.25, -0.2) is 0 Å². The van der Waals surface area contributed by atoms with Crippen molar-refractivity contribution < 1.29 is 14.3 Å². The molecule has 1 unspecified atom stereocenters. The Kier molecular flexibility index (Phi) is 8.72. The molecule has 0 bridgehead atoms. The Labute approximate surface area is 155 Å². The molecule has 2 rings (SSSR count). The molecule has 1 fully saturated rings. The first kappa shape index (κ1) is 21.3. The van der Waals surface area contributed by atoms with Crippen LogP contribution in [0.25, 0.3) is 0 Å². The number of halogens is 1. The molecule has 1 aromatic rings. The minimum Gasteiger partial charge on any atom is -0.494 e. The second-order valence-corrected chi connectivity index (χ2v) is 6.07. The Hall–Kier alpha value is -1.79. The molecule has 25 heavy (non-hydrogen) atoms. The number of nitrogens with zero attached hydrogens (tertiary/aromatic N) is 1. The van der Waals surface area contributed by atoms with Crippen LogP contribution in [0.4, 0.5) is 0 Å². The molecule has 0 aromatic heterocycles. The zero-order chi connectivity index (χ0) is 17.5. The number of hydrogen-bond donors (Lipinski definition) is 2. The summed E-state index contributed by atoms with van der Waals surface area (Å²) in [6.07, 6.45) is 0.230. The third-order valence-electron chi connectivity index (χ3n) is 4.17. The molecule has 0 spiro atoms. The molecule has 1 aliphatic heterocycles. The number of para-hydroxylation sites is 1. The molecule has 0 aliphatic carbocycles. The number of ether oxygens (including phenoxy) is 1. The van der Waals surface area contributed by atoms with Gasteiger partial charge in [0, 0.05) is 38.2 Å². The Balaban J connectivity index is 0.00000312. The van der Waals surface area contributed by atoms with E-state index in [2.05, 4.69) is 10.6 Å². The Morgan fingerprint density at radius 3 is 2.76 bits per heavy atom. The van der Waals surface area contributed by atoms with Gasteiger partial charge < -0.3 is 20.3 Å². The van der Waals surface area contributed by atoms with Crippen molar-refractivity contribution in [2.75, 3.05) is 26.2 Å². The van der Waals surface area contributed by atoms with Crippen molar-refractivity contribution in [1.82, 2.24) is 15.5 Å². The van der Waals surface area contributed by atoms with Crippen LogP contribution in [-0.4, -0.2) is 49.0 Å². The molecule has 1 saturated heterocycles. The van der Waals surface area contributed by atoms with Gasteiger partial charge in [-0.1, -0.05) is 18.2 Å². The lowest BCUT2D eigenvalue weighted by Gasteiger charge is -2.35. The van der Waals surface area contributed by atoms with Gasteiger partial charge in [0.25, 0.3) is 0 Å². The third kappa shape index (κ3) is 5.90. The van der Waals surface area contributed by atoms with Crippen molar-refractivity contribution in [3.05, 3.63) is 29.8 Å². The fourth-order valence-corrected chi connectivity index (χ4v) is 3.04. The molecule has 7 heteroatoms. The minimum absolute atomic E-state index is 0. The molecule has 2 amide bonds. The summed E-state index contributed by atoms with van der Waals surface area (Å²) in [6.45, 7) is 8.24. The quantitative estimate of drug-likeness (QED) is 0.803. The van der Waals surface area contributed by atoms with Crippen LogP contribution in [0.1, 0.15) is 38.8 Å². The van der Waals surface area contributed by atoms with Gasteiger partial charge in [0.05, 0.1) is 19.1 Å². The smallest absolute Gasteiger partial charge is 0.225 e. The molecule has 6 nitrogen and oxygen atoms in total. The van der Waals surface area contributed by atoms with E-state index in [9.17, 15) is 9.59 Å². The van der Waals surface area contributed by atoms with Gasteiger partial charge in [-0.2, -0.15) is 0 Å². The van der Waals surface area contributed by atoms with Crippen molar-refractivity contribution in [3.63, 3.8) is 0 Å². The number of benzene rings is 1. The minimum atomic E-state index is -0.389. The highest BCUT2D eigenvalue weighted by Crippen LogP contribution is 2.28. The molecule has 1 aromatic carbocycles. The molecule has 2 N–H and O–H groups in total. The summed E-state index contributed by atoms with van der Waals surface area (Å²) >= 11 is 0. The van der Waals surface area contributed by atoms with Gasteiger partial charge in [0.1, 0.15) is 5.75 Å². The fourth-order valence-electron chi connectivity index (χ4n) is 3.04. The summed E-state index contributed by atoms with van der Waals surface area (Å²) in [4.78, 5) is 26.3. The van der Waals surface area contributed by atoms with E-state index in [0.717, 1.165) is 18.7 Å². The lowest BCUT2D eigenvalue weighted by Crippen LogP contribution is -2.52. The van der Waals surface area contributed by atoms with E-state index in [0.29, 0.717) is 18.9 Å². The van der Waals surface area contributed by atoms with Crippen LogP contribution in [-0.2, 0) is 9.59 Å². The van der Waals surface area contributed by atoms with Crippen molar-refractivity contribution in [2.24, 2.45) is 0 Å². The molecule has 0 radical (unpaired) electrons. The van der Waals surface area contributed by atoms with Crippen molar-refractivity contribution in [2.45, 2.75) is 39.3 Å². The zero-order valence-corrected chi connectivity index (χ0v) is 15.9. The summed E-state index contributed by atoms with van der Waals surface area (Å²) < 4.78 is 5.66. The average Bonchev–Trinajstić information content (AvgIpc) is 2.55. The number of rotatable bonds is 6. The Bertz CT molecular complexity index is 582. The van der Waals surface area contributed by atoms with Crippen LogP contribution in [0, 0.1) is 0 Å². The number of carbonyl (C=O) groups excluding carboxylic acids is 2. The van der Waals surface area contributed by atoms with Crippen LogP contribution in [0.5, 0.6) is 5.75 Å². The molecule has 1 heterocycles. The summed E-state index contributed by atoms with van der Waals surface area (Å²) in [7, 11) is 0. The van der Waals surface area contributed by atoms with Crippen LogP contribution in [0.15, 0.2) is 24.3 Å². The van der Waals surface area contributed by atoms with E-state index >= 15 is 0 Å². The SMILES string of the molecule is CCOc1ccccc1C(CC(=O)N1CCNC[C@@H]1C)NC(C)=O.Cl. The predicted molar refractivity (Wildman–Crippen MR) is 100 cm³/mol. The van der Waals surface area contributed by atoms with E-state index in [1.165, 1.54) is 6.92 Å². The number of hydrogen-bond acceptors (Lipinski definition) is 4. The lowest BCUT2D eigenvalue weighted by atomic mass is 10.0. The normalized spacial score (nSPS) is 18.0. The van der Waals surface area contributed by atoms with Gasteiger partial charge in [-0.05, 0) is 19.9 Å². The highest BCUT2D eigenvalue weighted by Gasteiger charge is 2.27. The Morgan fingerprint density at radius 1 is 1.40 bits per heavy atom. The largest absolute Gasteiger partial charge is 0.494 e. The third-order valence-corrected chi connectivity index (χ3v) is 4.17. The van der Waals surface area contributed by atoms with Crippen molar-refractivity contribution in [1.29, 1.82) is 0 Å². The molecular formula is C18H28ClN3O3. The van der Waals surface area contributed by atoms with Crippen LogP contribution < -0.4 is 15.4 Å². The second kappa shape index (κ2) is 10.3. The van der Waals surface area contributed by atoms with Crippen LogP contribution >= 0.6 is 12.4 Å². The zero-order valence-electron chi connectivity index (χ0n) is 15.1. The van der Waals surface area contributed by atoms with Crippen LogP contribution in [0.2, 0.25) is 0 Å². The lowest BCUT2D eigenvalue weighted by molar-refractivity contribution is -0.134. The maximum Gasteiger partial charge on any atom is 0.225 e. The van der Waals surface area contributed by atoms with Gasteiger partial charge in [0.2, 0.25) is 11.8 Å². The number of carbonyl (C=O) groups is 2. The van der Waals surface area contributed by atoms with Gasteiger partial charge in [0.15, 0.2) is 0 Å². The van der Waals surface area contributed by atoms with Crippen LogP contribution in [0.3, 0.4) is 0 Å². The summed E-state index contributed by atoms with van der Waals surface area (Å²) in [5.74, 6) is 0.599. The second-order valence-electron chi connectivity index (χ2n) is 6.07. The topological polar surface area (TPSA) is 70.7 Å². The standard InChI is InChI=1S/C18H27N3O3.ClH/c1-4-24-17-8-6-5-7-15(17)16(20-14(3)22)11-18(23)21-10-9-19-12-13(21)2;/h5-8,13,16,19H,4,9-12H2,1-3H3,(H,20,22);1H/t13-,16?;/m0./s1. The van der Waals surface area contributed by atoms with Crippen molar-refractivity contribution in [3.8, 4) is 5.75 Å². The van der Waals surface area contributed by atoms with Gasteiger partial charge >= 0.3 is 0 Å². The number of piperazine rings is 1. The van der Waals surface area contributed by atoms with Crippen molar-refractivity contribution >= 4 is 24.2 Å². The summed E-state index contributed by atoms with van der Waals surface area (Å²) in [5.41, 5.74) is 0.839. The van der Waals surface area contributed by atoms with E-state index in [1.807, 2.05) is 43.0 Å². The fraction of sp³-hybridized carbons (Fsp3) is 0.556. The molecular weight excluding hydrogens is 342 g/mol. The maximum absolute atomic E-state index is 12.7. The average molecular weight is 370 g/mol. The summed E-state index contributed by atoms with van der Waals surface area (Å²) in [5, 5.41) is 6.18. The predicted octanol–water partition coefficient (Wildman–Crippen LogP) is 1.89. The summed E-state index contributed by atoms with van der Waals surface area (Å²) in [6, 6.07) is 7.32. The highest BCUT2D eigenvalue weighted by molar-refractivity contribution is 5.85. The molecule has 1 aliphatic rings. The first-order valence-corrected chi connectivity index (χ1v) is 8.52. The molecule has 140 valence electrons. The van der Waals surface area contributed by atoms with E-state index in [-0.39, 0.29) is 42.7 Å². The number of amides is 2. The van der Waals surface area contributed by atoms with E-state index in [4.69, 9.17) is 4.74 Å². The Morgan fingerprint density at radius 2 is 2.12 bits per heavy atom. The van der Waals surface area contributed by atoms with Gasteiger partial charge in [-0.15, -0.1) is 12.4 Å². The molecule has 0 saturated carbocycles. The first-order chi connectivity index (χ1) is 11.5. The maximum atomic E-state index is 12.7. The molecule has 2 atom stereocenters. The van der Waals surface area contributed by atoms with E-state index < -0.39 is 0 Å². The van der Waals surface area contributed by atoms with Gasteiger partial charge in [-0.3, -0.25) is 9.59 Å². The highest BCUT2D eigenvalue weighted by atomic mass is 35.5. The number of nitrogens with one attached hydrogen (secondary N) is 2.